The van der Waals surface area contributed by atoms with Gasteiger partial charge in [-0.3, -0.25) is 0 Å². The summed E-state index contributed by atoms with van der Waals surface area (Å²) in [6.45, 7) is 1.77. The van der Waals surface area contributed by atoms with Crippen molar-refractivity contribution in [2.45, 2.75) is 6.92 Å². The van der Waals surface area contributed by atoms with Crippen molar-refractivity contribution in [3.63, 3.8) is 0 Å². The molecule has 3 rings (SSSR count). The average Bonchev–Trinajstić information content (AvgIpc) is 2.76. The van der Waals surface area contributed by atoms with Gasteiger partial charge in [-0.25, -0.2) is 0 Å². The predicted octanol–water partition coefficient (Wildman–Crippen LogP) is 5.28. The van der Waals surface area contributed by atoms with Crippen molar-refractivity contribution in [3.05, 3.63) is 108 Å². The molecule has 3 nitrogen and oxygen atoms in total. The summed E-state index contributed by atoms with van der Waals surface area (Å²) in [5.41, 5.74) is 0.272. The Morgan fingerprint density at radius 2 is 0.815 bits per heavy atom. The van der Waals surface area contributed by atoms with Crippen molar-refractivity contribution in [2.24, 2.45) is 0 Å². The van der Waals surface area contributed by atoms with Crippen LogP contribution in [0, 0.1) is 0 Å². The van der Waals surface area contributed by atoms with Crippen LogP contribution in [0.1, 0.15) is 38.0 Å². The summed E-state index contributed by atoms with van der Waals surface area (Å²) >= 11 is 0. The first-order valence-corrected chi connectivity index (χ1v) is 11.1. The molecule has 4 heteroatoms. The number of hydrogen-bond donors (Lipinski definition) is 0. The van der Waals surface area contributed by atoms with Crippen LogP contribution in [0.5, 0.6) is 0 Å². The van der Waals surface area contributed by atoms with Gasteiger partial charge in [0.1, 0.15) is 0 Å². The number of carbonyl (C=O) groups excluding carboxylic acids is 3. The Morgan fingerprint density at radius 1 is 0.556 bits per heavy atom. The normalized spacial score (nSPS) is 11.6. The fourth-order valence-electron chi connectivity index (χ4n) is 3.30. The fourth-order valence-corrected chi connectivity index (χ4v) is 6.86. The van der Waals surface area contributed by atoms with Crippen LogP contribution >= 0.6 is 7.26 Å². The van der Waals surface area contributed by atoms with Gasteiger partial charge in [0.05, 0.1) is 0 Å². The predicted molar refractivity (Wildman–Crippen MR) is 111 cm³/mol. The van der Waals surface area contributed by atoms with Gasteiger partial charge in [-0.15, -0.1) is 0 Å². The van der Waals surface area contributed by atoms with Crippen molar-refractivity contribution < 1.29 is 14.4 Å². The van der Waals surface area contributed by atoms with Gasteiger partial charge in [0.2, 0.25) is 0 Å². The van der Waals surface area contributed by atoms with E-state index in [4.69, 9.17) is 0 Å². The van der Waals surface area contributed by atoms with Crippen LogP contribution in [0.4, 0.5) is 0 Å². The van der Waals surface area contributed by atoms with Gasteiger partial charge in [0.25, 0.3) is 0 Å². The molecule has 0 aliphatic rings. The molecule has 0 amide bonds. The van der Waals surface area contributed by atoms with E-state index < -0.39 is 7.26 Å². The Hall–Kier alpha value is -2.90. The molecule has 0 fully saturated rings. The zero-order valence-electron chi connectivity index (χ0n) is 15.1. The summed E-state index contributed by atoms with van der Waals surface area (Å²) in [5.74, 6) is 0. The maximum atomic E-state index is 13.5. The summed E-state index contributed by atoms with van der Waals surface area (Å²) in [6.07, 6.45) is 0.224. The number of rotatable bonds is 7. The topological polar surface area (TPSA) is 51.2 Å². The van der Waals surface area contributed by atoms with E-state index in [1.54, 1.807) is 79.7 Å². The second-order valence-corrected chi connectivity index (χ2v) is 10.2. The van der Waals surface area contributed by atoms with Crippen LogP contribution in [0.3, 0.4) is 0 Å². The average molecular weight is 376 g/mol. The summed E-state index contributed by atoms with van der Waals surface area (Å²) in [5, 5.41) is 0. The van der Waals surface area contributed by atoms with Gasteiger partial charge in [-0.2, -0.15) is 0 Å². The molecule has 27 heavy (non-hydrogen) atoms. The van der Waals surface area contributed by atoms with E-state index in [0.717, 1.165) is 0 Å². The monoisotopic (exact) mass is 376 g/mol. The molecular formula is C23H21O3P. The standard InChI is InChI=1S/C23H21O3P/c1-2-27(21(24)18-12-6-3-7-13-18,22(25)19-14-8-4-9-15-19)23(26)20-16-10-5-11-17-20/h3-17,27H,2H2,1H3. The van der Waals surface area contributed by atoms with E-state index in [9.17, 15) is 14.4 Å². The maximum absolute atomic E-state index is 13.5. The van der Waals surface area contributed by atoms with Crippen molar-refractivity contribution in [1.29, 1.82) is 0 Å². The van der Waals surface area contributed by atoms with Crippen LogP contribution < -0.4 is 0 Å². The molecule has 0 unspecified atom stereocenters. The van der Waals surface area contributed by atoms with Crippen LogP contribution in [-0.2, 0) is 0 Å². The number of carbonyl (C=O) groups is 3. The first kappa shape index (κ1) is 18.9. The van der Waals surface area contributed by atoms with Crippen LogP contribution in [0.2, 0.25) is 0 Å². The molecule has 136 valence electrons. The molecule has 0 saturated heterocycles. The second kappa shape index (κ2) is 8.20. The van der Waals surface area contributed by atoms with Crippen LogP contribution in [0.25, 0.3) is 0 Å². The summed E-state index contributed by atoms with van der Waals surface area (Å²) in [6, 6.07) is 26.0. The zero-order valence-corrected chi connectivity index (χ0v) is 16.1. The van der Waals surface area contributed by atoms with Crippen molar-refractivity contribution in [1.82, 2.24) is 0 Å². The fraction of sp³-hybridized carbons (Fsp3) is 0.0870. The molecule has 0 saturated carbocycles. The molecule has 0 spiro atoms. The molecule has 0 radical (unpaired) electrons. The Bertz CT molecular complexity index is 825. The molecule has 0 atom stereocenters. The minimum atomic E-state index is -3.72. The third kappa shape index (κ3) is 3.51. The number of hydrogen-bond acceptors (Lipinski definition) is 3. The Morgan fingerprint density at radius 3 is 1.04 bits per heavy atom. The van der Waals surface area contributed by atoms with Gasteiger partial charge in [-0.1, -0.05) is 0 Å². The van der Waals surface area contributed by atoms with E-state index in [1.165, 1.54) is 0 Å². The van der Waals surface area contributed by atoms with Gasteiger partial charge in [0.15, 0.2) is 0 Å². The first-order valence-electron chi connectivity index (χ1n) is 8.91. The molecule has 3 aromatic rings. The van der Waals surface area contributed by atoms with Crippen molar-refractivity contribution in [3.8, 4) is 0 Å². The number of benzene rings is 3. The zero-order chi connectivity index (χ0) is 19.3. The van der Waals surface area contributed by atoms with Gasteiger partial charge < -0.3 is 0 Å². The van der Waals surface area contributed by atoms with Gasteiger partial charge >= 0.3 is 159 Å². The Kier molecular flexibility index (Phi) is 5.73. The quantitative estimate of drug-likeness (QED) is 0.527. The minimum absolute atomic E-state index is 0.224. The van der Waals surface area contributed by atoms with Crippen molar-refractivity contribution >= 4 is 23.8 Å². The molecule has 3 aromatic carbocycles. The third-order valence-corrected chi connectivity index (χ3v) is 9.05. The summed E-state index contributed by atoms with van der Waals surface area (Å²) in [4.78, 5) is 40.6. The summed E-state index contributed by atoms with van der Waals surface area (Å²) in [7, 11) is -3.72. The summed E-state index contributed by atoms with van der Waals surface area (Å²) < 4.78 is 0. The molecule has 0 bridgehead atoms. The Labute approximate surface area is 159 Å². The van der Waals surface area contributed by atoms with E-state index >= 15 is 0 Å². The molecule has 0 N–H and O–H groups in total. The van der Waals surface area contributed by atoms with Crippen molar-refractivity contribution in [2.75, 3.05) is 6.16 Å². The SMILES string of the molecule is CC[PH](C(=O)c1ccccc1)(C(=O)c1ccccc1)C(=O)c1ccccc1. The molecule has 0 aliphatic carbocycles. The second-order valence-electron chi connectivity index (χ2n) is 6.34. The van der Waals surface area contributed by atoms with E-state index in [0.29, 0.717) is 16.7 Å². The van der Waals surface area contributed by atoms with E-state index in [1.807, 2.05) is 18.2 Å². The third-order valence-electron chi connectivity index (χ3n) is 4.80. The van der Waals surface area contributed by atoms with E-state index in [-0.39, 0.29) is 22.7 Å². The first-order chi connectivity index (χ1) is 13.1. The van der Waals surface area contributed by atoms with Gasteiger partial charge in [0, 0.05) is 0 Å². The molecule has 0 heterocycles. The molecule has 0 aliphatic heterocycles. The molecular weight excluding hydrogens is 355 g/mol. The molecule has 0 aromatic heterocycles. The van der Waals surface area contributed by atoms with Crippen LogP contribution in [-0.4, -0.2) is 22.7 Å². The van der Waals surface area contributed by atoms with Crippen LogP contribution in [0.15, 0.2) is 91.0 Å². The van der Waals surface area contributed by atoms with E-state index in [2.05, 4.69) is 0 Å². The van der Waals surface area contributed by atoms with Gasteiger partial charge in [-0.05, 0) is 0 Å². The Balaban J connectivity index is 2.20.